The molecule has 2 rings (SSSR count). The molecule has 0 amide bonds. The van der Waals surface area contributed by atoms with Gasteiger partial charge in [-0.1, -0.05) is 0 Å². The lowest BCUT2D eigenvalue weighted by molar-refractivity contribution is 0.397. The fraction of sp³-hybridized carbons (Fsp3) is 0.400. The van der Waals surface area contributed by atoms with Gasteiger partial charge in [0.1, 0.15) is 11.5 Å². The number of hydrogen-bond acceptors (Lipinski definition) is 4. The highest BCUT2D eigenvalue weighted by molar-refractivity contribution is 5.50. The van der Waals surface area contributed by atoms with Crippen LogP contribution in [0.15, 0.2) is 24.4 Å². The predicted molar refractivity (Wildman–Crippen MR) is 79.5 cm³/mol. The number of benzene rings is 1. The van der Waals surface area contributed by atoms with Crippen molar-refractivity contribution in [1.29, 1.82) is 0 Å². The Labute approximate surface area is 119 Å². The second-order valence-corrected chi connectivity index (χ2v) is 4.78. The summed E-state index contributed by atoms with van der Waals surface area (Å²) in [6.07, 6.45) is 1.97. The quantitative estimate of drug-likeness (QED) is 0.911. The normalized spacial score (nSPS) is 12.1. The van der Waals surface area contributed by atoms with E-state index in [-0.39, 0.29) is 6.04 Å². The second kappa shape index (κ2) is 5.86. The van der Waals surface area contributed by atoms with Crippen LogP contribution in [-0.4, -0.2) is 24.0 Å². The molecular weight excluding hydrogens is 254 g/mol. The van der Waals surface area contributed by atoms with Crippen molar-refractivity contribution in [3.05, 3.63) is 35.7 Å². The molecule has 1 aromatic heterocycles. The van der Waals surface area contributed by atoms with E-state index in [9.17, 15) is 0 Å². The maximum Gasteiger partial charge on any atom is 0.124 e. The molecule has 1 unspecified atom stereocenters. The average molecular weight is 275 g/mol. The van der Waals surface area contributed by atoms with E-state index >= 15 is 0 Å². The zero-order valence-corrected chi connectivity index (χ0v) is 12.6. The van der Waals surface area contributed by atoms with Crippen LogP contribution in [-0.2, 0) is 7.05 Å². The van der Waals surface area contributed by atoms with Gasteiger partial charge in [0.15, 0.2) is 0 Å². The van der Waals surface area contributed by atoms with Gasteiger partial charge in [0.25, 0.3) is 0 Å². The molecule has 0 saturated carbocycles. The molecule has 108 valence electrons. The van der Waals surface area contributed by atoms with E-state index < -0.39 is 0 Å². The van der Waals surface area contributed by atoms with Gasteiger partial charge in [-0.25, -0.2) is 0 Å². The highest BCUT2D eigenvalue weighted by Crippen LogP contribution is 2.31. The zero-order valence-electron chi connectivity index (χ0n) is 12.6. The van der Waals surface area contributed by atoms with Crippen LogP contribution >= 0.6 is 0 Å². The van der Waals surface area contributed by atoms with Crippen molar-refractivity contribution in [3.8, 4) is 11.5 Å². The van der Waals surface area contributed by atoms with Crippen molar-refractivity contribution < 1.29 is 9.47 Å². The van der Waals surface area contributed by atoms with E-state index in [1.165, 1.54) is 0 Å². The van der Waals surface area contributed by atoms with Crippen LogP contribution in [0, 0.1) is 6.92 Å². The summed E-state index contributed by atoms with van der Waals surface area (Å²) in [5, 5.41) is 7.79. The average Bonchev–Trinajstić information content (AvgIpc) is 2.76. The summed E-state index contributed by atoms with van der Waals surface area (Å²) in [4.78, 5) is 0. The fourth-order valence-corrected chi connectivity index (χ4v) is 2.23. The van der Waals surface area contributed by atoms with Crippen LogP contribution in [0.5, 0.6) is 11.5 Å². The van der Waals surface area contributed by atoms with E-state index in [0.717, 1.165) is 28.4 Å². The summed E-state index contributed by atoms with van der Waals surface area (Å²) >= 11 is 0. The molecule has 0 saturated heterocycles. The molecule has 0 aliphatic heterocycles. The standard InChI is InChI=1S/C15H21N3O2/c1-10(16-14-9-18(3)17-11(14)2)13-8-12(19-4)6-7-15(13)20-5/h6-10,16H,1-5H3. The minimum absolute atomic E-state index is 0.0861. The van der Waals surface area contributed by atoms with Crippen molar-refractivity contribution in [3.63, 3.8) is 0 Å². The maximum absolute atomic E-state index is 5.42. The van der Waals surface area contributed by atoms with Gasteiger partial charge >= 0.3 is 0 Å². The number of ether oxygens (including phenoxy) is 2. The summed E-state index contributed by atoms with van der Waals surface area (Å²) in [5.41, 5.74) is 3.04. The second-order valence-electron chi connectivity index (χ2n) is 4.78. The molecule has 2 aromatic rings. The number of rotatable bonds is 5. The third-order valence-corrected chi connectivity index (χ3v) is 3.29. The van der Waals surface area contributed by atoms with E-state index in [2.05, 4.69) is 17.3 Å². The smallest absolute Gasteiger partial charge is 0.124 e. The van der Waals surface area contributed by atoms with Gasteiger partial charge in [-0.3, -0.25) is 4.68 Å². The minimum Gasteiger partial charge on any atom is -0.497 e. The van der Waals surface area contributed by atoms with Crippen molar-refractivity contribution in [2.75, 3.05) is 19.5 Å². The number of anilines is 1. The van der Waals surface area contributed by atoms with Gasteiger partial charge in [-0.15, -0.1) is 0 Å². The lowest BCUT2D eigenvalue weighted by atomic mass is 10.1. The predicted octanol–water partition coefficient (Wildman–Crippen LogP) is 2.92. The van der Waals surface area contributed by atoms with Crippen LogP contribution in [0.25, 0.3) is 0 Å². The molecule has 5 heteroatoms. The third-order valence-electron chi connectivity index (χ3n) is 3.29. The molecule has 1 aromatic carbocycles. The van der Waals surface area contributed by atoms with Gasteiger partial charge < -0.3 is 14.8 Å². The highest BCUT2D eigenvalue weighted by atomic mass is 16.5. The molecule has 0 aliphatic carbocycles. The summed E-state index contributed by atoms with van der Waals surface area (Å²) in [5.74, 6) is 1.66. The van der Waals surface area contributed by atoms with Crippen LogP contribution in [0.1, 0.15) is 24.2 Å². The van der Waals surface area contributed by atoms with Crippen molar-refractivity contribution >= 4 is 5.69 Å². The summed E-state index contributed by atoms with van der Waals surface area (Å²) in [6.45, 7) is 4.07. The number of nitrogens with zero attached hydrogens (tertiary/aromatic N) is 2. The Hall–Kier alpha value is -2.17. The molecule has 5 nitrogen and oxygen atoms in total. The molecular formula is C15H21N3O2. The third kappa shape index (κ3) is 2.87. The number of aromatic nitrogens is 2. The highest BCUT2D eigenvalue weighted by Gasteiger charge is 2.14. The molecule has 1 atom stereocenters. The SMILES string of the molecule is COc1ccc(OC)c(C(C)Nc2cn(C)nc2C)c1. The van der Waals surface area contributed by atoms with Crippen LogP contribution in [0.4, 0.5) is 5.69 Å². The van der Waals surface area contributed by atoms with Crippen LogP contribution in [0.2, 0.25) is 0 Å². The Morgan fingerprint density at radius 2 is 2.00 bits per heavy atom. The Balaban J connectivity index is 2.28. The molecule has 1 N–H and O–H groups in total. The Bertz CT molecular complexity index is 593. The van der Waals surface area contributed by atoms with Gasteiger partial charge in [0, 0.05) is 18.8 Å². The van der Waals surface area contributed by atoms with E-state index in [1.54, 1.807) is 18.9 Å². The Morgan fingerprint density at radius 1 is 1.25 bits per heavy atom. The first-order valence-corrected chi connectivity index (χ1v) is 6.54. The maximum atomic E-state index is 5.42. The molecule has 0 radical (unpaired) electrons. The van der Waals surface area contributed by atoms with Gasteiger partial charge in [0.2, 0.25) is 0 Å². The van der Waals surface area contributed by atoms with E-state index in [0.29, 0.717) is 0 Å². The molecule has 0 spiro atoms. The van der Waals surface area contributed by atoms with E-state index in [1.807, 2.05) is 38.4 Å². The topological polar surface area (TPSA) is 48.3 Å². The van der Waals surface area contributed by atoms with Crippen LogP contribution < -0.4 is 14.8 Å². The molecule has 0 bridgehead atoms. The van der Waals surface area contributed by atoms with Gasteiger partial charge in [-0.05, 0) is 32.0 Å². The number of nitrogens with one attached hydrogen (secondary N) is 1. The first kappa shape index (κ1) is 14.2. The molecule has 0 fully saturated rings. The number of aryl methyl sites for hydroxylation is 2. The fourth-order valence-electron chi connectivity index (χ4n) is 2.23. The Morgan fingerprint density at radius 3 is 2.55 bits per heavy atom. The zero-order chi connectivity index (χ0) is 14.7. The van der Waals surface area contributed by atoms with Crippen molar-refractivity contribution in [2.45, 2.75) is 19.9 Å². The Kier molecular flexibility index (Phi) is 4.17. The van der Waals surface area contributed by atoms with Gasteiger partial charge in [-0.2, -0.15) is 5.10 Å². The number of hydrogen-bond donors (Lipinski definition) is 1. The van der Waals surface area contributed by atoms with Gasteiger partial charge in [0.05, 0.1) is 31.6 Å². The minimum atomic E-state index is 0.0861. The van der Waals surface area contributed by atoms with Crippen molar-refractivity contribution in [2.24, 2.45) is 7.05 Å². The van der Waals surface area contributed by atoms with E-state index in [4.69, 9.17) is 9.47 Å². The summed E-state index contributed by atoms with van der Waals surface area (Å²) in [7, 11) is 5.25. The monoisotopic (exact) mass is 275 g/mol. The van der Waals surface area contributed by atoms with Crippen molar-refractivity contribution in [1.82, 2.24) is 9.78 Å². The first-order valence-electron chi connectivity index (χ1n) is 6.54. The molecule has 0 aliphatic rings. The largest absolute Gasteiger partial charge is 0.497 e. The number of methoxy groups -OCH3 is 2. The lowest BCUT2D eigenvalue weighted by Crippen LogP contribution is -2.08. The molecule has 20 heavy (non-hydrogen) atoms. The summed E-state index contributed by atoms with van der Waals surface area (Å²) in [6, 6.07) is 5.89. The lowest BCUT2D eigenvalue weighted by Gasteiger charge is -2.18. The molecule has 1 heterocycles. The summed E-state index contributed by atoms with van der Waals surface area (Å²) < 4.78 is 12.5. The van der Waals surface area contributed by atoms with Crippen LogP contribution in [0.3, 0.4) is 0 Å². The first-order chi connectivity index (χ1) is 9.55.